The van der Waals surface area contributed by atoms with E-state index < -0.39 is 0 Å². The molecule has 3 atom stereocenters. The summed E-state index contributed by atoms with van der Waals surface area (Å²) in [4.78, 5) is 4.29. The molecule has 0 spiro atoms. The molecule has 0 bridgehead atoms. The predicted octanol–water partition coefficient (Wildman–Crippen LogP) is 4.87. The summed E-state index contributed by atoms with van der Waals surface area (Å²) in [6.45, 7) is 2.12. The van der Waals surface area contributed by atoms with Gasteiger partial charge in [-0.2, -0.15) is 0 Å². The van der Waals surface area contributed by atoms with Crippen molar-refractivity contribution < 1.29 is 0 Å². The van der Waals surface area contributed by atoms with Gasteiger partial charge in [-0.15, -0.1) is 0 Å². The molecular weight excluding hydrogens is 280 g/mol. The first-order valence-corrected chi connectivity index (χ1v) is 7.75. The Bertz CT molecular complexity index is 709. The van der Waals surface area contributed by atoms with Gasteiger partial charge >= 0.3 is 0 Å². The lowest BCUT2D eigenvalue weighted by atomic mass is 9.76. The molecule has 2 aromatic rings. The second-order valence-corrected chi connectivity index (χ2v) is 6.39. The number of nitrogens with one attached hydrogen (secondary N) is 1. The largest absolute Gasteiger partial charge is 0.377 e. The van der Waals surface area contributed by atoms with Crippen LogP contribution in [0.3, 0.4) is 0 Å². The normalized spacial score (nSPS) is 26.1. The molecule has 0 saturated heterocycles. The van der Waals surface area contributed by atoms with Crippen LogP contribution >= 0.6 is 11.6 Å². The Morgan fingerprint density at radius 3 is 3.05 bits per heavy atom. The Labute approximate surface area is 129 Å². The van der Waals surface area contributed by atoms with Crippen LogP contribution in [0.25, 0.3) is 0 Å². The zero-order chi connectivity index (χ0) is 14.4. The maximum atomic E-state index is 6.26. The van der Waals surface area contributed by atoms with Gasteiger partial charge in [0.05, 0.1) is 6.04 Å². The predicted molar refractivity (Wildman–Crippen MR) is 86.8 cm³/mol. The van der Waals surface area contributed by atoms with Gasteiger partial charge in [0.25, 0.3) is 0 Å². The van der Waals surface area contributed by atoms with Gasteiger partial charge in [0.1, 0.15) is 0 Å². The highest BCUT2D eigenvalue weighted by molar-refractivity contribution is 6.30. The van der Waals surface area contributed by atoms with Gasteiger partial charge in [0, 0.05) is 29.0 Å². The van der Waals surface area contributed by atoms with Crippen molar-refractivity contribution in [2.24, 2.45) is 5.92 Å². The molecule has 1 aliphatic carbocycles. The Kier molecular flexibility index (Phi) is 3.00. The lowest BCUT2D eigenvalue weighted by molar-refractivity contribution is 0.424. The highest BCUT2D eigenvalue weighted by Crippen LogP contribution is 2.51. The van der Waals surface area contributed by atoms with Crippen molar-refractivity contribution in [2.75, 3.05) is 5.32 Å². The fraction of sp³-hybridized carbons (Fsp3) is 0.278. The van der Waals surface area contributed by atoms with Crippen LogP contribution in [-0.4, -0.2) is 4.98 Å². The molecular formula is C18H17ClN2. The number of pyridine rings is 1. The SMILES string of the molecule is Cc1cc(Cl)cc2c1N[C@@H](c1cccnc1)[C@H]1CC=C[C@H]21. The number of allylic oxidation sites excluding steroid dienone is 2. The van der Waals surface area contributed by atoms with Crippen molar-refractivity contribution in [3.05, 3.63) is 70.5 Å². The van der Waals surface area contributed by atoms with Crippen LogP contribution < -0.4 is 5.32 Å². The Morgan fingerprint density at radius 2 is 2.24 bits per heavy atom. The summed E-state index contributed by atoms with van der Waals surface area (Å²) < 4.78 is 0. The summed E-state index contributed by atoms with van der Waals surface area (Å²) in [6, 6.07) is 8.64. The first-order valence-electron chi connectivity index (χ1n) is 7.37. The van der Waals surface area contributed by atoms with E-state index in [9.17, 15) is 0 Å². The number of rotatable bonds is 1. The molecule has 1 aliphatic heterocycles. The number of aromatic nitrogens is 1. The van der Waals surface area contributed by atoms with E-state index in [4.69, 9.17) is 11.6 Å². The molecule has 3 heteroatoms. The van der Waals surface area contributed by atoms with Gasteiger partial charge in [-0.1, -0.05) is 29.8 Å². The van der Waals surface area contributed by atoms with E-state index in [0.717, 1.165) is 11.4 Å². The molecule has 21 heavy (non-hydrogen) atoms. The van der Waals surface area contributed by atoms with E-state index in [2.05, 4.69) is 41.5 Å². The van der Waals surface area contributed by atoms with E-state index in [1.807, 2.05) is 24.5 Å². The van der Waals surface area contributed by atoms with E-state index >= 15 is 0 Å². The van der Waals surface area contributed by atoms with Gasteiger partial charge in [-0.3, -0.25) is 4.98 Å². The molecule has 106 valence electrons. The maximum absolute atomic E-state index is 6.26. The number of hydrogen-bond donors (Lipinski definition) is 1. The number of anilines is 1. The third-order valence-electron chi connectivity index (χ3n) is 4.67. The van der Waals surface area contributed by atoms with Crippen molar-refractivity contribution in [1.82, 2.24) is 4.98 Å². The molecule has 1 N–H and O–H groups in total. The van der Waals surface area contributed by atoms with Crippen LogP contribution in [0, 0.1) is 12.8 Å². The maximum Gasteiger partial charge on any atom is 0.0569 e. The van der Waals surface area contributed by atoms with E-state index in [1.54, 1.807) is 0 Å². The zero-order valence-electron chi connectivity index (χ0n) is 11.9. The van der Waals surface area contributed by atoms with E-state index in [0.29, 0.717) is 17.9 Å². The van der Waals surface area contributed by atoms with Crippen LogP contribution in [0.15, 0.2) is 48.8 Å². The minimum Gasteiger partial charge on any atom is -0.377 e. The fourth-order valence-corrected chi connectivity index (χ4v) is 4.01. The molecule has 1 aromatic heterocycles. The van der Waals surface area contributed by atoms with Crippen molar-refractivity contribution in [1.29, 1.82) is 0 Å². The average Bonchev–Trinajstić information content (AvgIpc) is 2.97. The van der Waals surface area contributed by atoms with Crippen molar-refractivity contribution >= 4 is 17.3 Å². The van der Waals surface area contributed by atoms with Crippen LogP contribution in [0.4, 0.5) is 5.69 Å². The lowest BCUT2D eigenvalue weighted by Gasteiger charge is -2.38. The van der Waals surface area contributed by atoms with Gasteiger partial charge in [0.2, 0.25) is 0 Å². The van der Waals surface area contributed by atoms with Crippen LogP contribution in [0.5, 0.6) is 0 Å². The number of nitrogens with zero attached hydrogens (tertiary/aromatic N) is 1. The number of fused-ring (bicyclic) bond motifs is 3. The third kappa shape index (κ3) is 2.06. The molecule has 4 rings (SSSR count). The lowest BCUT2D eigenvalue weighted by Crippen LogP contribution is -2.29. The smallest absolute Gasteiger partial charge is 0.0569 e. The minimum atomic E-state index is 0.311. The van der Waals surface area contributed by atoms with Crippen molar-refractivity contribution in [3.63, 3.8) is 0 Å². The summed E-state index contributed by atoms with van der Waals surface area (Å²) in [5, 5.41) is 4.57. The summed E-state index contributed by atoms with van der Waals surface area (Å²) >= 11 is 6.26. The molecule has 0 saturated carbocycles. The van der Waals surface area contributed by atoms with E-state index in [-0.39, 0.29) is 0 Å². The molecule has 2 aliphatic rings. The molecule has 0 unspecified atom stereocenters. The van der Waals surface area contributed by atoms with Crippen molar-refractivity contribution in [3.8, 4) is 0 Å². The number of aryl methyl sites for hydroxylation is 1. The first kappa shape index (κ1) is 12.9. The summed E-state index contributed by atoms with van der Waals surface area (Å²) in [6.07, 6.45) is 9.54. The van der Waals surface area contributed by atoms with Gasteiger partial charge in [0.15, 0.2) is 0 Å². The van der Waals surface area contributed by atoms with Crippen molar-refractivity contribution in [2.45, 2.75) is 25.3 Å². The highest BCUT2D eigenvalue weighted by Gasteiger charge is 2.38. The molecule has 1 aromatic carbocycles. The number of benzene rings is 1. The summed E-state index contributed by atoms with van der Waals surface area (Å²) in [5.74, 6) is 0.989. The Balaban J connectivity index is 1.84. The number of hydrogen-bond acceptors (Lipinski definition) is 2. The molecule has 0 amide bonds. The van der Waals surface area contributed by atoms with Gasteiger partial charge in [-0.25, -0.2) is 0 Å². The highest BCUT2D eigenvalue weighted by atomic mass is 35.5. The monoisotopic (exact) mass is 296 g/mol. The zero-order valence-corrected chi connectivity index (χ0v) is 12.6. The Morgan fingerprint density at radius 1 is 1.33 bits per heavy atom. The molecule has 0 radical (unpaired) electrons. The van der Waals surface area contributed by atoms with Crippen LogP contribution in [0.1, 0.15) is 35.1 Å². The standard InChI is InChI=1S/C18H17ClN2/c1-11-8-13(19)9-16-14-5-2-6-15(14)18(21-17(11)16)12-4-3-7-20-10-12/h2-5,7-10,14-15,18,21H,6H2,1H3/t14-,15-,18-/m0/s1. The second kappa shape index (κ2) is 4.88. The average molecular weight is 297 g/mol. The van der Waals surface area contributed by atoms with Gasteiger partial charge in [-0.05, 0) is 54.2 Å². The Hall–Kier alpha value is -1.80. The number of halogens is 1. The quantitative estimate of drug-likeness (QED) is 0.759. The second-order valence-electron chi connectivity index (χ2n) is 5.95. The fourth-order valence-electron chi connectivity index (χ4n) is 3.73. The molecule has 0 fully saturated rings. The summed E-state index contributed by atoms with van der Waals surface area (Å²) in [5.41, 5.74) is 5.04. The molecule has 2 nitrogen and oxygen atoms in total. The molecule has 2 heterocycles. The minimum absolute atomic E-state index is 0.311. The summed E-state index contributed by atoms with van der Waals surface area (Å²) in [7, 11) is 0. The topological polar surface area (TPSA) is 24.9 Å². The van der Waals surface area contributed by atoms with Crippen LogP contribution in [-0.2, 0) is 0 Å². The first-order chi connectivity index (χ1) is 10.2. The van der Waals surface area contributed by atoms with Crippen LogP contribution in [0.2, 0.25) is 5.02 Å². The third-order valence-corrected chi connectivity index (χ3v) is 4.89. The van der Waals surface area contributed by atoms with E-state index in [1.165, 1.54) is 22.4 Å². The van der Waals surface area contributed by atoms with Gasteiger partial charge < -0.3 is 5.32 Å².